The normalized spacial score (nSPS) is 12.1. The summed E-state index contributed by atoms with van der Waals surface area (Å²) in [6.45, 7) is 1.54. The zero-order chi connectivity index (χ0) is 23.1. The Morgan fingerprint density at radius 1 is 1.03 bits per heavy atom. The Hall–Kier alpha value is -2.98. The van der Waals surface area contributed by atoms with Gasteiger partial charge in [-0.1, -0.05) is 0 Å². The van der Waals surface area contributed by atoms with Gasteiger partial charge in [-0.05, 0) is 54.9 Å². The van der Waals surface area contributed by atoms with Gasteiger partial charge in [0.25, 0.3) is 0 Å². The van der Waals surface area contributed by atoms with E-state index in [1.54, 1.807) is 32.4 Å². The van der Waals surface area contributed by atoms with Crippen molar-refractivity contribution in [2.75, 3.05) is 20.8 Å². The summed E-state index contributed by atoms with van der Waals surface area (Å²) in [5.41, 5.74) is 8.22. The van der Waals surface area contributed by atoms with Crippen molar-refractivity contribution in [2.45, 2.75) is 25.9 Å². The van der Waals surface area contributed by atoms with Crippen LogP contribution in [0.1, 0.15) is 12.0 Å². The number of nitrogens with zero attached hydrogens (tertiary/aromatic N) is 2. The van der Waals surface area contributed by atoms with Gasteiger partial charge in [0.05, 0.1) is 26.5 Å². The molecule has 1 aromatic heterocycles. The van der Waals surface area contributed by atoms with Gasteiger partial charge >= 0.3 is 6.36 Å². The van der Waals surface area contributed by atoms with Crippen LogP contribution in [0.15, 0.2) is 52.8 Å². The number of ether oxygens (including phenoxy) is 3. The summed E-state index contributed by atoms with van der Waals surface area (Å²) in [7, 11) is 3.18. The number of halogens is 3. The Morgan fingerprint density at radius 3 is 2.38 bits per heavy atom. The molecule has 0 amide bonds. The summed E-state index contributed by atoms with van der Waals surface area (Å²) in [6.07, 6.45) is -3.99. The molecule has 0 atom stereocenters. The Bertz CT molecular complexity index is 1090. The maximum Gasteiger partial charge on any atom is 0.573 e. The third-order valence-corrected chi connectivity index (χ3v) is 5.55. The average Bonchev–Trinajstić information content (AvgIpc) is 3.18. The molecule has 10 heteroatoms. The third-order valence-electron chi connectivity index (χ3n) is 4.65. The molecule has 1 heterocycles. The number of thiazole rings is 1. The van der Waals surface area contributed by atoms with Gasteiger partial charge in [-0.15, -0.1) is 24.5 Å². The largest absolute Gasteiger partial charge is 0.573 e. The van der Waals surface area contributed by atoms with E-state index in [-0.39, 0.29) is 5.75 Å². The molecule has 0 unspecified atom stereocenters. The smallest absolute Gasteiger partial charge is 0.497 e. The van der Waals surface area contributed by atoms with Gasteiger partial charge in [-0.3, -0.25) is 4.99 Å². The lowest BCUT2D eigenvalue weighted by molar-refractivity contribution is -0.274. The summed E-state index contributed by atoms with van der Waals surface area (Å²) in [5, 5.41) is 1.93. The fourth-order valence-corrected chi connectivity index (χ4v) is 4.05. The van der Waals surface area contributed by atoms with Crippen LogP contribution in [0.5, 0.6) is 17.2 Å². The van der Waals surface area contributed by atoms with E-state index >= 15 is 0 Å². The van der Waals surface area contributed by atoms with E-state index in [2.05, 4.69) is 4.74 Å². The van der Waals surface area contributed by atoms with Crippen molar-refractivity contribution < 1.29 is 27.4 Å². The van der Waals surface area contributed by atoms with E-state index in [0.29, 0.717) is 31.1 Å². The van der Waals surface area contributed by atoms with Crippen molar-refractivity contribution in [2.24, 2.45) is 10.7 Å². The minimum absolute atomic E-state index is 0.263. The Labute approximate surface area is 187 Å². The van der Waals surface area contributed by atoms with Gasteiger partial charge in [0.2, 0.25) is 0 Å². The first-order valence-electron chi connectivity index (χ1n) is 9.80. The van der Waals surface area contributed by atoms with Crippen molar-refractivity contribution in [1.29, 1.82) is 0 Å². The van der Waals surface area contributed by atoms with Crippen LogP contribution in [0.2, 0.25) is 0 Å². The number of nitrogens with two attached hydrogens (primary N) is 1. The zero-order valence-electron chi connectivity index (χ0n) is 17.7. The molecule has 0 radical (unpaired) electrons. The van der Waals surface area contributed by atoms with Gasteiger partial charge in [-0.2, -0.15) is 0 Å². The number of hydrogen-bond acceptors (Lipinski definition) is 6. The van der Waals surface area contributed by atoms with E-state index < -0.39 is 6.36 Å². The monoisotopic (exact) mass is 467 g/mol. The molecule has 0 saturated carbocycles. The fraction of sp³-hybridized carbons (Fsp3) is 0.318. The Morgan fingerprint density at radius 2 is 1.75 bits per heavy atom. The quantitative estimate of drug-likeness (QED) is 0.500. The van der Waals surface area contributed by atoms with Crippen LogP contribution >= 0.6 is 11.3 Å². The summed E-state index contributed by atoms with van der Waals surface area (Å²) in [6, 6.07) is 11.3. The van der Waals surface area contributed by atoms with Crippen LogP contribution in [0.25, 0.3) is 11.3 Å². The lowest BCUT2D eigenvalue weighted by Crippen LogP contribution is -2.18. The van der Waals surface area contributed by atoms with E-state index in [1.165, 1.54) is 23.5 Å². The molecule has 172 valence electrons. The fourth-order valence-electron chi connectivity index (χ4n) is 3.11. The minimum atomic E-state index is -4.72. The summed E-state index contributed by atoms with van der Waals surface area (Å²) >= 11 is 1.45. The van der Waals surface area contributed by atoms with Crippen LogP contribution in [0.4, 0.5) is 13.2 Å². The number of rotatable bonds is 9. The molecule has 3 aromatic rings. The van der Waals surface area contributed by atoms with Gasteiger partial charge in [-0.25, -0.2) is 0 Å². The third kappa shape index (κ3) is 6.04. The van der Waals surface area contributed by atoms with Crippen molar-refractivity contribution in [3.8, 4) is 28.5 Å². The molecule has 6 nitrogen and oxygen atoms in total. The maximum atomic E-state index is 12.4. The highest BCUT2D eigenvalue weighted by Gasteiger charge is 2.31. The highest BCUT2D eigenvalue weighted by molar-refractivity contribution is 7.07. The molecule has 0 saturated heterocycles. The molecule has 0 fully saturated rings. The highest BCUT2D eigenvalue weighted by Crippen LogP contribution is 2.28. The number of hydrogen-bond donors (Lipinski definition) is 1. The molecule has 0 aliphatic heterocycles. The van der Waals surface area contributed by atoms with Crippen LogP contribution in [-0.2, 0) is 13.1 Å². The maximum absolute atomic E-state index is 12.4. The molecule has 0 aliphatic rings. The summed E-state index contributed by atoms with van der Waals surface area (Å²) in [4.78, 5) is 5.53. The molecule has 32 heavy (non-hydrogen) atoms. The molecule has 0 spiro atoms. The number of benzene rings is 2. The SMILES string of the molecule is COc1ccc(C/N=c2\scc(-c3ccc(OC(F)(F)F)cc3)n2CCCN)c(OC)c1. The lowest BCUT2D eigenvalue weighted by Gasteiger charge is -2.11. The van der Waals surface area contributed by atoms with Crippen molar-refractivity contribution >= 4 is 11.3 Å². The van der Waals surface area contributed by atoms with Crippen LogP contribution < -0.4 is 24.7 Å². The molecule has 3 rings (SSSR count). The van der Waals surface area contributed by atoms with Gasteiger partial charge in [0.15, 0.2) is 4.80 Å². The van der Waals surface area contributed by atoms with Crippen LogP contribution in [0, 0.1) is 0 Å². The topological polar surface area (TPSA) is 71.0 Å². The van der Waals surface area contributed by atoms with Gasteiger partial charge in [0.1, 0.15) is 17.2 Å². The van der Waals surface area contributed by atoms with Crippen molar-refractivity contribution in [1.82, 2.24) is 4.57 Å². The first kappa shape index (κ1) is 23.7. The highest BCUT2D eigenvalue weighted by atomic mass is 32.1. The molecule has 0 aliphatic carbocycles. The molecule has 2 aromatic carbocycles. The standard InChI is InChI=1S/C22H24F3N3O3S/c1-29-18-9-6-16(20(12-18)30-2)13-27-21-28(11-3-10-26)19(14-32-21)15-4-7-17(8-5-15)31-22(23,24)25/h4-9,12,14H,3,10-11,13,26H2,1-2H3/b27-21-. The Kier molecular flexibility index (Phi) is 7.81. The molecular weight excluding hydrogens is 443 g/mol. The number of methoxy groups -OCH3 is 2. The van der Waals surface area contributed by atoms with E-state index in [4.69, 9.17) is 20.2 Å². The first-order chi connectivity index (χ1) is 15.3. The van der Waals surface area contributed by atoms with Crippen molar-refractivity contribution in [3.63, 3.8) is 0 Å². The second-order valence-corrected chi connectivity index (χ2v) is 7.60. The van der Waals surface area contributed by atoms with E-state index in [9.17, 15) is 13.2 Å². The van der Waals surface area contributed by atoms with Crippen LogP contribution in [-0.4, -0.2) is 31.7 Å². The Balaban J connectivity index is 1.91. The van der Waals surface area contributed by atoms with E-state index in [1.807, 2.05) is 22.1 Å². The molecular formula is C22H24F3N3O3S. The number of alkyl halides is 3. The molecule has 2 N–H and O–H groups in total. The average molecular weight is 468 g/mol. The zero-order valence-corrected chi connectivity index (χ0v) is 18.5. The summed E-state index contributed by atoms with van der Waals surface area (Å²) in [5.74, 6) is 1.11. The van der Waals surface area contributed by atoms with Gasteiger partial charge in [0, 0.05) is 23.6 Å². The minimum Gasteiger partial charge on any atom is -0.497 e. The van der Waals surface area contributed by atoms with Gasteiger partial charge < -0.3 is 24.5 Å². The predicted molar refractivity (Wildman–Crippen MR) is 117 cm³/mol. The summed E-state index contributed by atoms with van der Waals surface area (Å²) < 4.78 is 53.9. The van der Waals surface area contributed by atoms with Crippen molar-refractivity contribution in [3.05, 3.63) is 58.2 Å². The number of aromatic nitrogens is 1. The lowest BCUT2D eigenvalue weighted by atomic mass is 10.1. The second kappa shape index (κ2) is 10.6. The van der Waals surface area contributed by atoms with E-state index in [0.717, 1.165) is 28.0 Å². The molecule has 0 bridgehead atoms. The first-order valence-corrected chi connectivity index (χ1v) is 10.7. The predicted octanol–water partition coefficient (Wildman–Crippen LogP) is 4.58. The van der Waals surface area contributed by atoms with Crippen LogP contribution in [0.3, 0.4) is 0 Å². The second-order valence-electron chi connectivity index (χ2n) is 6.76.